The summed E-state index contributed by atoms with van der Waals surface area (Å²) >= 11 is 0. The topological polar surface area (TPSA) is 41.6 Å². The van der Waals surface area contributed by atoms with Gasteiger partial charge in [0.15, 0.2) is 6.73 Å². The normalized spacial score (nSPS) is 11.2. The zero-order chi connectivity index (χ0) is 17.5. The Morgan fingerprint density at radius 1 is 1.17 bits per heavy atom. The number of benzene rings is 1. The van der Waals surface area contributed by atoms with E-state index >= 15 is 0 Å². The van der Waals surface area contributed by atoms with E-state index in [4.69, 9.17) is 4.74 Å². The lowest BCUT2D eigenvalue weighted by atomic mass is 9.85. The first-order chi connectivity index (χ1) is 10.8. The van der Waals surface area contributed by atoms with E-state index in [1.165, 1.54) is 5.56 Å². The fourth-order valence-electron chi connectivity index (χ4n) is 2.50. The summed E-state index contributed by atoms with van der Waals surface area (Å²) in [5.74, 6) is 0.834. The lowest BCUT2D eigenvalue weighted by molar-refractivity contribution is 0.184. The van der Waals surface area contributed by atoms with Gasteiger partial charge in [-0.05, 0) is 36.8 Å². The minimum Gasteiger partial charge on any atom is -0.473 e. The summed E-state index contributed by atoms with van der Waals surface area (Å²) in [6.45, 7) is 14.5. The Bertz CT molecular complexity index is 501. The number of nitrogens with zero attached hydrogens (tertiary/aromatic N) is 1. The monoisotopic (exact) mass is 320 g/mol. The van der Waals surface area contributed by atoms with Crippen LogP contribution in [-0.2, 0) is 5.41 Å². The van der Waals surface area contributed by atoms with E-state index < -0.39 is 0 Å². The molecule has 0 spiro atoms. The molecule has 0 unspecified atom stereocenters. The molecule has 0 aliphatic rings. The molecule has 0 aliphatic carbocycles. The maximum Gasteiger partial charge on any atom is 0.320 e. The molecule has 0 saturated heterocycles. The number of carbonyl (C=O) groups is 1. The molecule has 1 aromatic carbocycles. The summed E-state index contributed by atoms with van der Waals surface area (Å²) in [4.78, 5) is 14.0. The van der Waals surface area contributed by atoms with Crippen molar-refractivity contribution < 1.29 is 9.53 Å². The second kappa shape index (κ2) is 8.80. The van der Waals surface area contributed by atoms with Crippen LogP contribution in [0, 0.1) is 6.92 Å². The molecule has 0 aromatic heterocycles. The molecular formula is C19H32N2O2. The highest BCUT2D eigenvalue weighted by atomic mass is 16.5. The second-order valence-corrected chi connectivity index (χ2v) is 7.01. The Labute approximate surface area is 141 Å². The number of rotatable bonds is 7. The van der Waals surface area contributed by atoms with Crippen LogP contribution in [-0.4, -0.2) is 30.8 Å². The van der Waals surface area contributed by atoms with Crippen molar-refractivity contribution in [1.29, 1.82) is 0 Å². The van der Waals surface area contributed by atoms with Gasteiger partial charge in [-0.2, -0.15) is 0 Å². The van der Waals surface area contributed by atoms with Crippen molar-refractivity contribution in [2.75, 3.05) is 19.8 Å². The number of aryl methyl sites for hydroxylation is 1. The van der Waals surface area contributed by atoms with Gasteiger partial charge in [0.25, 0.3) is 0 Å². The van der Waals surface area contributed by atoms with Crippen LogP contribution in [0.5, 0.6) is 5.75 Å². The number of nitrogens with one attached hydrogen (secondary N) is 1. The van der Waals surface area contributed by atoms with Crippen molar-refractivity contribution >= 4 is 6.03 Å². The van der Waals surface area contributed by atoms with Gasteiger partial charge in [0, 0.05) is 13.1 Å². The Kier molecular flexibility index (Phi) is 7.40. The molecule has 0 radical (unpaired) electrons. The van der Waals surface area contributed by atoms with Crippen LogP contribution in [0.4, 0.5) is 4.79 Å². The summed E-state index contributed by atoms with van der Waals surface area (Å²) in [5, 5.41) is 2.86. The van der Waals surface area contributed by atoms with Crippen LogP contribution < -0.4 is 10.1 Å². The van der Waals surface area contributed by atoms with Crippen LogP contribution >= 0.6 is 0 Å². The lowest BCUT2D eigenvalue weighted by Gasteiger charge is -2.25. The molecule has 1 aromatic rings. The molecule has 23 heavy (non-hydrogen) atoms. The molecule has 0 saturated carbocycles. The predicted octanol–water partition coefficient (Wildman–Crippen LogP) is 4.46. The van der Waals surface area contributed by atoms with E-state index in [1.807, 2.05) is 17.0 Å². The lowest BCUT2D eigenvalue weighted by Crippen LogP contribution is -2.42. The van der Waals surface area contributed by atoms with Crippen molar-refractivity contribution in [2.45, 2.75) is 59.8 Å². The van der Waals surface area contributed by atoms with E-state index in [-0.39, 0.29) is 18.2 Å². The number of urea groups is 1. The van der Waals surface area contributed by atoms with Crippen LogP contribution in [0.25, 0.3) is 0 Å². The van der Waals surface area contributed by atoms with Crippen molar-refractivity contribution in [2.24, 2.45) is 0 Å². The number of amides is 2. The average molecular weight is 320 g/mol. The summed E-state index contributed by atoms with van der Waals surface area (Å²) in [6.07, 6.45) is 1.92. The Hall–Kier alpha value is -1.71. The Morgan fingerprint density at radius 2 is 1.78 bits per heavy atom. The highest BCUT2D eigenvalue weighted by molar-refractivity contribution is 5.74. The predicted molar refractivity (Wildman–Crippen MR) is 96.1 cm³/mol. The van der Waals surface area contributed by atoms with Gasteiger partial charge in [-0.25, -0.2) is 4.79 Å². The maximum atomic E-state index is 12.2. The Balaban J connectivity index is 2.67. The minimum atomic E-state index is -0.0573. The highest BCUT2D eigenvalue weighted by Crippen LogP contribution is 2.31. The highest BCUT2D eigenvalue weighted by Gasteiger charge is 2.19. The van der Waals surface area contributed by atoms with Crippen molar-refractivity contribution in [3.63, 3.8) is 0 Å². The maximum absolute atomic E-state index is 12.2. The third kappa shape index (κ3) is 6.12. The van der Waals surface area contributed by atoms with Crippen LogP contribution in [0.3, 0.4) is 0 Å². The minimum absolute atomic E-state index is 0.00180. The van der Waals surface area contributed by atoms with Crippen molar-refractivity contribution in [3.05, 3.63) is 29.3 Å². The molecule has 0 atom stereocenters. The van der Waals surface area contributed by atoms with Gasteiger partial charge in [-0.1, -0.05) is 52.3 Å². The molecule has 130 valence electrons. The SMILES string of the molecule is CCCN(CCC)C(=O)NCOc1ccc(C)cc1C(C)(C)C. The first kappa shape index (κ1) is 19.3. The fourth-order valence-corrected chi connectivity index (χ4v) is 2.50. The van der Waals surface area contributed by atoms with E-state index in [0.717, 1.165) is 37.2 Å². The zero-order valence-electron chi connectivity index (χ0n) is 15.5. The van der Waals surface area contributed by atoms with Gasteiger partial charge < -0.3 is 15.0 Å². The standard InChI is InChI=1S/C19H32N2O2/c1-7-11-21(12-8-2)18(22)20-14-23-17-10-9-15(3)13-16(17)19(4,5)6/h9-10,13H,7-8,11-12,14H2,1-6H3,(H,20,22). The summed E-state index contributed by atoms with van der Waals surface area (Å²) < 4.78 is 5.84. The molecule has 0 fully saturated rings. The summed E-state index contributed by atoms with van der Waals surface area (Å²) in [6, 6.07) is 6.11. The number of hydrogen-bond acceptors (Lipinski definition) is 2. The van der Waals surface area contributed by atoms with Crippen LogP contribution in [0.2, 0.25) is 0 Å². The molecule has 0 heterocycles. The van der Waals surface area contributed by atoms with Crippen molar-refractivity contribution in [1.82, 2.24) is 10.2 Å². The van der Waals surface area contributed by atoms with Crippen LogP contribution in [0.15, 0.2) is 18.2 Å². The largest absolute Gasteiger partial charge is 0.473 e. The van der Waals surface area contributed by atoms with E-state index in [2.05, 4.69) is 52.9 Å². The molecular weight excluding hydrogens is 288 g/mol. The van der Waals surface area contributed by atoms with Gasteiger partial charge in [-0.15, -0.1) is 0 Å². The second-order valence-electron chi connectivity index (χ2n) is 7.01. The molecule has 4 nitrogen and oxygen atoms in total. The third-order valence-electron chi connectivity index (χ3n) is 3.67. The molecule has 4 heteroatoms. The molecule has 2 amide bonds. The zero-order valence-corrected chi connectivity index (χ0v) is 15.5. The van der Waals surface area contributed by atoms with Gasteiger partial charge in [0.05, 0.1) is 0 Å². The first-order valence-corrected chi connectivity index (χ1v) is 8.56. The molecule has 0 bridgehead atoms. The third-order valence-corrected chi connectivity index (χ3v) is 3.67. The smallest absolute Gasteiger partial charge is 0.320 e. The van der Waals surface area contributed by atoms with E-state index in [1.54, 1.807) is 0 Å². The van der Waals surface area contributed by atoms with Gasteiger partial charge >= 0.3 is 6.03 Å². The van der Waals surface area contributed by atoms with Gasteiger partial charge in [0.2, 0.25) is 0 Å². The summed E-state index contributed by atoms with van der Waals surface area (Å²) in [5.41, 5.74) is 2.37. The molecule has 1 N–H and O–H groups in total. The number of carbonyl (C=O) groups excluding carboxylic acids is 1. The summed E-state index contributed by atoms with van der Waals surface area (Å²) in [7, 11) is 0. The van der Waals surface area contributed by atoms with Gasteiger partial charge in [-0.3, -0.25) is 0 Å². The van der Waals surface area contributed by atoms with E-state index in [0.29, 0.717) is 0 Å². The molecule has 1 rings (SSSR count). The average Bonchev–Trinajstić information content (AvgIpc) is 2.47. The molecule has 0 aliphatic heterocycles. The van der Waals surface area contributed by atoms with E-state index in [9.17, 15) is 4.79 Å². The Morgan fingerprint density at radius 3 is 2.30 bits per heavy atom. The fraction of sp³-hybridized carbons (Fsp3) is 0.632. The van der Waals surface area contributed by atoms with Crippen LogP contribution in [0.1, 0.15) is 58.6 Å². The number of hydrogen-bond donors (Lipinski definition) is 1. The first-order valence-electron chi connectivity index (χ1n) is 8.56. The van der Waals surface area contributed by atoms with Crippen molar-refractivity contribution in [3.8, 4) is 5.75 Å². The quantitative estimate of drug-likeness (QED) is 0.754. The van der Waals surface area contributed by atoms with Gasteiger partial charge in [0.1, 0.15) is 5.75 Å². The number of ether oxygens (including phenoxy) is 1.